The van der Waals surface area contributed by atoms with Gasteiger partial charge < -0.3 is 5.32 Å². The molecule has 0 spiro atoms. The Hall–Kier alpha value is -1.50. The zero-order valence-electron chi connectivity index (χ0n) is 9.67. The van der Waals surface area contributed by atoms with Crippen molar-refractivity contribution >= 4 is 38.9 Å². The smallest absolute Gasteiger partial charge is 0.101 e. The average Bonchev–Trinajstić information content (AvgIpc) is 2.34. The molecule has 0 atom stereocenters. The molecule has 0 aliphatic rings. The Labute approximate surface area is 119 Å². The summed E-state index contributed by atoms with van der Waals surface area (Å²) >= 11 is 9.49. The predicted molar refractivity (Wildman–Crippen MR) is 78.3 cm³/mol. The summed E-state index contributed by atoms with van der Waals surface area (Å²) in [4.78, 5) is 0. The molecule has 1 N–H and O–H groups in total. The number of hydrogen-bond acceptors (Lipinski definition) is 2. The number of nitriles is 1. The molecule has 0 aromatic heterocycles. The molecule has 2 aromatic carbocycles. The van der Waals surface area contributed by atoms with Crippen molar-refractivity contribution in [2.75, 3.05) is 5.32 Å². The van der Waals surface area contributed by atoms with E-state index in [4.69, 9.17) is 16.9 Å². The lowest BCUT2D eigenvalue weighted by Crippen LogP contribution is -1.94. The van der Waals surface area contributed by atoms with Gasteiger partial charge in [0.1, 0.15) is 6.07 Å². The van der Waals surface area contributed by atoms with Gasteiger partial charge in [-0.3, -0.25) is 0 Å². The number of benzene rings is 2. The predicted octanol–water partition coefficient (Wildman–Crippen LogP) is 5.03. The molecule has 0 aliphatic carbocycles. The Morgan fingerprint density at radius 1 is 1.17 bits per heavy atom. The molecule has 2 nitrogen and oxygen atoms in total. The van der Waals surface area contributed by atoms with Gasteiger partial charge in [0.15, 0.2) is 0 Å². The molecule has 0 saturated carbocycles. The zero-order chi connectivity index (χ0) is 13.1. The highest BCUT2D eigenvalue weighted by Crippen LogP contribution is 2.29. The molecular weight excluding hydrogens is 312 g/mol. The summed E-state index contributed by atoms with van der Waals surface area (Å²) in [6, 6.07) is 13.4. The summed E-state index contributed by atoms with van der Waals surface area (Å²) in [5, 5.41) is 12.9. The second kappa shape index (κ2) is 5.43. The van der Waals surface area contributed by atoms with Gasteiger partial charge in [0.25, 0.3) is 0 Å². The first-order chi connectivity index (χ1) is 8.60. The van der Waals surface area contributed by atoms with Gasteiger partial charge in [-0.1, -0.05) is 33.6 Å². The van der Waals surface area contributed by atoms with Gasteiger partial charge in [0.2, 0.25) is 0 Å². The van der Waals surface area contributed by atoms with E-state index in [1.165, 1.54) is 0 Å². The number of nitrogens with zero attached hydrogens (tertiary/aromatic N) is 1. The van der Waals surface area contributed by atoms with Crippen molar-refractivity contribution in [3.63, 3.8) is 0 Å². The summed E-state index contributed by atoms with van der Waals surface area (Å²) in [6.45, 7) is 1.98. The van der Waals surface area contributed by atoms with Crippen LogP contribution in [0.2, 0.25) is 5.02 Å². The van der Waals surface area contributed by atoms with Crippen LogP contribution in [-0.2, 0) is 0 Å². The fourth-order valence-corrected chi connectivity index (χ4v) is 2.23. The standard InChI is InChI=1S/C14H10BrClN2/c1-9-2-4-14(12(16)6-9)18-13-5-3-11(15)7-10(13)8-17/h2-7,18H,1H3. The number of anilines is 2. The van der Waals surface area contributed by atoms with Crippen LogP contribution < -0.4 is 5.32 Å². The van der Waals surface area contributed by atoms with Crippen LogP contribution >= 0.6 is 27.5 Å². The zero-order valence-corrected chi connectivity index (χ0v) is 12.0. The van der Waals surface area contributed by atoms with E-state index in [1.807, 2.05) is 37.3 Å². The van der Waals surface area contributed by atoms with E-state index in [9.17, 15) is 0 Å². The highest BCUT2D eigenvalue weighted by Gasteiger charge is 2.05. The van der Waals surface area contributed by atoms with Gasteiger partial charge in [0.05, 0.1) is 22.0 Å². The van der Waals surface area contributed by atoms with E-state index in [2.05, 4.69) is 27.3 Å². The van der Waals surface area contributed by atoms with Gasteiger partial charge in [0, 0.05) is 4.47 Å². The Bertz CT molecular complexity index is 632. The van der Waals surface area contributed by atoms with Gasteiger partial charge >= 0.3 is 0 Å². The average molecular weight is 322 g/mol. The second-order valence-corrected chi connectivity index (χ2v) is 5.23. The van der Waals surface area contributed by atoms with Gasteiger partial charge in [-0.2, -0.15) is 5.26 Å². The third-order valence-electron chi connectivity index (χ3n) is 2.50. The Morgan fingerprint density at radius 2 is 1.89 bits per heavy atom. The van der Waals surface area contributed by atoms with Crippen molar-refractivity contribution in [2.24, 2.45) is 0 Å². The molecule has 4 heteroatoms. The van der Waals surface area contributed by atoms with Gasteiger partial charge in [-0.15, -0.1) is 0 Å². The van der Waals surface area contributed by atoms with Crippen LogP contribution in [0.15, 0.2) is 40.9 Å². The maximum atomic E-state index is 9.09. The third-order valence-corrected chi connectivity index (χ3v) is 3.30. The number of hydrogen-bond donors (Lipinski definition) is 1. The summed E-state index contributed by atoms with van der Waals surface area (Å²) in [5.41, 5.74) is 3.20. The van der Waals surface area contributed by atoms with Crippen molar-refractivity contribution in [2.45, 2.75) is 6.92 Å². The molecule has 0 aliphatic heterocycles. The minimum atomic E-state index is 0.570. The minimum Gasteiger partial charge on any atom is -0.353 e. The van der Waals surface area contributed by atoms with Crippen LogP contribution in [-0.4, -0.2) is 0 Å². The van der Waals surface area contributed by atoms with Crippen LogP contribution in [0.4, 0.5) is 11.4 Å². The summed E-state index contributed by atoms with van der Waals surface area (Å²) < 4.78 is 0.875. The maximum Gasteiger partial charge on any atom is 0.101 e. The largest absolute Gasteiger partial charge is 0.353 e. The first-order valence-electron chi connectivity index (χ1n) is 5.33. The van der Waals surface area contributed by atoms with Crippen LogP contribution in [0, 0.1) is 18.3 Å². The molecule has 0 unspecified atom stereocenters. The van der Waals surface area contributed by atoms with Crippen molar-refractivity contribution in [1.29, 1.82) is 5.26 Å². The van der Waals surface area contributed by atoms with E-state index in [0.717, 1.165) is 21.4 Å². The van der Waals surface area contributed by atoms with E-state index >= 15 is 0 Å². The SMILES string of the molecule is Cc1ccc(Nc2ccc(Br)cc2C#N)c(Cl)c1. The monoisotopic (exact) mass is 320 g/mol. The maximum absolute atomic E-state index is 9.09. The van der Waals surface area contributed by atoms with E-state index in [-0.39, 0.29) is 0 Å². The molecule has 0 bridgehead atoms. The molecule has 2 rings (SSSR count). The summed E-state index contributed by atoms with van der Waals surface area (Å²) in [7, 11) is 0. The Kier molecular flexibility index (Phi) is 3.90. The second-order valence-electron chi connectivity index (χ2n) is 3.91. The summed E-state index contributed by atoms with van der Waals surface area (Å²) in [6.07, 6.45) is 0. The minimum absolute atomic E-state index is 0.570. The fourth-order valence-electron chi connectivity index (χ4n) is 1.58. The number of aryl methyl sites for hydroxylation is 1. The lowest BCUT2D eigenvalue weighted by atomic mass is 10.1. The molecular formula is C14H10BrClN2. The van der Waals surface area contributed by atoms with Crippen LogP contribution in [0.5, 0.6) is 0 Å². The Morgan fingerprint density at radius 3 is 2.56 bits per heavy atom. The molecule has 0 amide bonds. The van der Waals surface area contributed by atoms with Gasteiger partial charge in [-0.25, -0.2) is 0 Å². The van der Waals surface area contributed by atoms with E-state index in [1.54, 1.807) is 6.07 Å². The van der Waals surface area contributed by atoms with Crippen molar-refractivity contribution in [1.82, 2.24) is 0 Å². The third kappa shape index (κ3) is 2.84. The highest BCUT2D eigenvalue weighted by atomic mass is 79.9. The van der Waals surface area contributed by atoms with E-state index in [0.29, 0.717) is 10.6 Å². The Balaban J connectivity index is 2.37. The van der Waals surface area contributed by atoms with Crippen LogP contribution in [0.3, 0.4) is 0 Å². The normalized spacial score (nSPS) is 9.89. The first kappa shape index (κ1) is 12.9. The molecule has 0 heterocycles. The van der Waals surface area contributed by atoms with Crippen LogP contribution in [0.25, 0.3) is 0 Å². The molecule has 0 saturated heterocycles. The lowest BCUT2D eigenvalue weighted by Gasteiger charge is -2.10. The molecule has 18 heavy (non-hydrogen) atoms. The fraction of sp³-hybridized carbons (Fsp3) is 0.0714. The van der Waals surface area contributed by atoms with Crippen molar-refractivity contribution < 1.29 is 0 Å². The highest BCUT2D eigenvalue weighted by molar-refractivity contribution is 9.10. The van der Waals surface area contributed by atoms with Gasteiger partial charge in [-0.05, 0) is 42.8 Å². The molecule has 0 fully saturated rings. The van der Waals surface area contributed by atoms with E-state index < -0.39 is 0 Å². The first-order valence-corrected chi connectivity index (χ1v) is 6.50. The topological polar surface area (TPSA) is 35.8 Å². The molecule has 2 aromatic rings. The number of rotatable bonds is 2. The summed E-state index contributed by atoms with van der Waals surface area (Å²) in [5.74, 6) is 0. The van der Waals surface area contributed by atoms with Crippen molar-refractivity contribution in [3.8, 4) is 6.07 Å². The number of nitrogens with one attached hydrogen (secondary N) is 1. The van der Waals surface area contributed by atoms with Crippen LogP contribution in [0.1, 0.15) is 11.1 Å². The molecule has 90 valence electrons. The lowest BCUT2D eigenvalue weighted by molar-refractivity contribution is 1.43. The van der Waals surface area contributed by atoms with Crippen molar-refractivity contribution in [3.05, 3.63) is 57.0 Å². The number of halogens is 2. The quantitative estimate of drug-likeness (QED) is 0.842. The molecule has 0 radical (unpaired) electrons.